The Morgan fingerprint density at radius 1 is 1.13 bits per heavy atom. The lowest BCUT2D eigenvalue weighted by atomic mass is 10.2. The van der Waals surface area contributed by atoms with Crippen molar-refractivity contribution >= 4 is 11.9 Å². The van der Waals surface area contributed by atoms with E-state index in [2.05, 4.69) is 15.5 Å². The van der Waals surface area contributed by atoms with E-state index in [-0.39, 0.29) is 18.5 Å². The monoisotopic (exact) mass is 313 g/mol. The van der Waals surface area contributed by atoms with E-state index in [1.807, 2.05) is 6.07 Å². The van der Waals surface area contributed by atoms with Gasteiger partial charge in [0.25, 0.3) is 11.8 Å². The van der Waals surface area contributed by atoms with E-state index in [4.69, 9.17) is 18.3 Å². The topological polar surface area (TPSA) is 99.6 Å². The second kappa shape index (κ2) is 5.48. The molecule has 8 heteroatoms. The van der Waals surface area contributed by atoms with Gasteiger partial charge in [-0.2, -0.15) is 0 Å². The van der Waals surface area contributed by atoms with Crippen LogP contribution in [0.1, 0.15) is 0 Å². The minimum absolute atomic E-state index is 0.0381. The van der Waals surface area contributed by atoms with Gasteiger partial charge in [0.05, 0.1) is 6.26 Å². The van der Waals surface area contributed by atoms with Gasteiger partial charge < -0.3 is 18.3 Å². The summed E-state index contributed by atoms with van der Waals surface area (Å²) in [4.78, 5) is 12.2. The number of hydrogen-bond acceptors (Lipinski definition) is 7. The molecule has 0 saturated carbocycles. The number of nitrogens with one attached hydrogen (secondary N) is 1. The number of hydrogen-bond donors (Lipinski definition) is 1. The van der Waals surface area contributed by atoms with E-state index < -0.39 is 12.0 Å². The van der Waals surface area contributed by atoms with Gasteiger partial charge in [-0.05, 0) is 24.3 Å². The van der Waals surface area contributed by atoms with Crippen LogP contribution in [0.3, 0.4) is 0 Å². The first kappa shape index (κ1) is 13.4. The average molecular weight is 313 g/mol. The summed E-state index contributed by atoms with van der Waals surface area (Å²) < 4.78 is 21.5. The number of carbonyl (C=O) groups is 1. The van der Waals surface area contributed by atoms with Crippen molar-refractivity contribution in [2.75, 3.05) is 11.9 Å². The van der Waals surface area contributed by atoms with Crippen LogP contribution >= 0.6 is 0 Å². The molecule has 0 spiro atoms. The van der Waals surface area contributed by atoms with Crippen molar-refractivity contribution in [3.63, 3.8) is 0 Å². The quantitative estimate of drug-likeness (QED) is 0.790. The molecular weight excluding hydrogens is 302 g/mol. The van der Waals surface area contributed by atoms with Crippen molar-refractivity contribution in [3.05, 3.63) is 42.7 Å². The summed E-state index contributed by atoms with van der Waals surface area (Å²) in [5.74, 6) is 1.28. The fourth-order valence-corrected chi connectivity index (χ4v) is 2.11. The molecule has 8 nitrogen and oxygen atoms in total. The summed E-state index contributed by atoms with van der Waals surface area (Å²) in [6.45, 7) is 0.0992. The number of rotatable bonds is 3. The third-order valence-electron chi connectivity index (χ3n) is 3.19. The summed E-state index contributed by atoms with van der Waals surface area (Å²) in [5, 5.41) is 10.0. The van der Waals surface area contributed by atoms with Gasteiger partial charge in [0.2, 0.25) is 6.10 Å². The predicted octanol–water partition coefficient (Wildman–Crippen LogP) is 2.11. The molecule has 0 unspecified atom stereocenters. The van der Waals surface area contributed by atoms with Crippen molar-refractivity contribution in [1.29, 1.82) is 0 Å². The second-order valence-corrected chi connectivity index (χ2v) is 4.74. The molecule has 1 aromatic carbocycles. The predicted molar refractivity (Wildman–Crippen MR) is 77.0 cm³/mol. The fraction of sp³-hybridized carbons (Fsp3) is 0.133. The van der Waals surface area contributed by atoms with Gasteiger partial charge >= 0.3 is 6.01 Å². The number of aromatic nitrogens is 2. The summed E-state index contributed by atoms with van der Waals surface area (Å²) in [6.07, 6.45) is 0.687. The maximum absolute atomic E-state index is 12.2. The molecular formula is C15H11N3O5. The van der Waals surface area contributed by atoms with E-state index in [9.17, 15) is 4.79 Å². The Bertz CT molecular complexity index is 827. The molecule has 116 valence electrons. The normalized spacial score (nSPS) is 16.1. The highest BCUT2D eigenvalue weighted by Gasteiger charge is 2.28. The highest BCUT2D eigenvalue weighted by molar-refractivity contribution is 5.93. The highest BCUT2D eigenvalue weighted by atomic mass is 16.6. The third kappa shape index (κ3) is 2.61. The van der Waals surface area contributed by atoms with Crippen LogP contribution in [-0.4, -0.2) is 28.8 Å². The zero-order chi connectivity index (χ0) is 15.6. The van der Waals surface area contributed by atoms with Crippen LogP contribution in [0.5, 0.6) is 11.5 Å². The molecule has 0 aliphatic carbocycles. The Labute approximate surface area is 130 Å². The highest BCUT2D eigenvalue weighted by Crippen LogP contribution is 2.31. The maximum Gasteiger partial charge on any atom is 0.322 e. The molecule has 0 saturated heterocycles. The number of para-hydroxylation sites is 2. The minimum Gasteiger partial charge on any atom is -0.485 e. The van der Waals surface area contributed by atoms with Crippen molar-refractivity contribution in [2.45, 2.75) is 6.10 Å². The van der Waals surface area contributed by atoms with E-state index in [0.717, 1.165) is 0 Å². The summed E-state index contributed by atoms with van der Waals surface area (Å²) in [6, 6.07) is 10.5. The number of carbonyl (C=O) groups excluding carboxylic acids is 1. The molecule has 2 aromatic heterocycles. The summed E-state index contributed by atoms with van der Waals surface area (Å²) in [7, 11) is 0. The van der Waals surface area contributed by atoms with Crippen molar-refractivity contribution < 1.29 is 23.1 Å². The van der Waals surface area contributed by atoms with Crippen LogP contribution in [0, 0.1) is 0 Å². The molecule has 3 aromatic rings. The van der Waals surface area contributed by atoms with Crippen LogP contribution in [0.4, 0.5) is 6.01 Å². The van der Waals surface area contributed by atoms with Gasteiger partial charge in [-0.1, -0.05) is 17.2 Å². The first-order valence-electron chi connectivity index (χ1n) is 6.86. The average Bonchev–Trinajstić information content (AvgIpc) is 3.25. The van der Waals surface area contributed by atoms with Crippen molar-refractivity contribution in [3.8, 4) is 23.1 Å². The molecule has 0 fully saturated rings. The first-order valence-corrected chi connectivity index (χ1v) is 6.86. The molecule has 3 heterocycles. The Morgan fingerprint density at radius 2 is 2.00 bits per heavy atom. The number of fused-ring (bicyclic) bond motifs is 1. The lowest BCUT2D eigenvalue weighted by Gasteiger charge is -2.24. The van der Waals surface area contributed by atoms with E-state index >= 15 is 0 Å². The SMILES string of the molecule is O=C(Nc1nnc(-c2ccco2)o1)[C@H]1COc2ccccc2O1. The minimum atomic E-state index is -0.802. The summed E-state index contributed by atoms with van der Waals surface area (Å²) in [5.41, 5.74) is 0. The van der Waals surface area contributed by atoms with Crippen LogP contribution < -0.4 is 14.8 Å². The van der Waals surface area contributed by atoms with E-state index in [0.29, 0.717) is 17.3 Å². The number of amides is 1. The summed E-state index contributed by atoms with van der Waals surface area (Å²) >= 11 is 0. The van der Waals surface area contributed by atoms with Crippen LogP contribution in [0.2, 0.25) is 0 Å². The number of anilines is 1. The molecule has 0 radical (unpaired) electrons. The Kier molecular flexibility index (Phi) is 3.19. The third-order valence-corrected chi connectivity index (χ3v) is 3.19. The van der Waals surface area contributed by atoms with Gasteiger partial charge in [0.15, 0.2) is 17.3 Å². The van der Waals surface area contributed by atoms with Gasteiger partial charge in [-0.25, -0.2) is 0 Å². The molecule has 4 rings (SSSR count). The Hall–Kier alpha value is -3.29. The molecule has 1 aliphatic rings. The zero-order valence-electron chi connectivity index (χ0n) is 11.8. The second-order valence-electron chi connectivity index (χ2n) is 4.74. The van der Waals surface area contributed by atoms with Crippen LogP contribution in [0.25, 0.3) is 11.7 Å². The molecule has 0 bridgehead atoms. The van der Waals surface area contributed by atoms with Crippen LogP contribution in [0.15, 0.2) is 51.5 Å². The van der Waals surface area contributed by atoms with Crippen molar-refractivity contribution in [2.24, 2.45) is 0 Å². The number of nitrogens with zero attached hydrogens (tertiary/aromatic N) is 2. The molecule has 1 aliphatic heterocycles. The maximum atomic E-state index is 12.2. The number of ether oxygens (including phenoxy) is 2. The van der Waals surface area contributed by atoms with Gasteiger partial charge in [0.1, 0.15) is 6.61 Å². The van der Waals surface area contributed by atoms with E-state index in [1.54, 1.807) is 30.3 Å². The fourth-order valence-electron chi connectivity index (χ4n) is 2.11. The van der Waals surface area contributed by atoms with Gasteiger partial charge in [-0.3, -0.25) is 10.1 Å². The molecule has 1 amide bonds. The van der Waals surface area contributed by atoms with E-state index in [1.165, 1.54) is 6.26 Å². The lowest BCUT2D eigenvalue weighted by Crippen LogP contribution is -2.40. The van der Waals surface area contributed by atoms with Gasteiger partial charge in [-0.15, -0.1) is 5.10 Å². The largest absolute Gasteiger partial charge is 0.485 e. The molecule has 1 atom stereocenters. The standard InChI is InChI=1S/C15H11N3O5/c19-13(12-8-21-9-4-1-2-5-10(9)22-12)16-15-18-17-14(23-15)11-6-3-7-20-11/h1-7,12H,8H2,(H,16,18,19)/t12-/m1/s1. The lowest BCUT2D eigenvalue weighted by molar-refractivity contribution is -0.125. The number of furan rings is 1. The van der Waals surface area contributed by atoms with Gasteiger partial charge in [0, 0.05) is 0 Å². The Morgan fingerprint density at radius 3 is 2.83 bits per heavy atom. The first-order chi connectivity index (χ1) is 11.3. The van der Waals surface area contributed by atoms with Crippen molar-refractivity contribution in [1.82, 2.24) is 10.2 Å². The molecule has 23 heavy (non-hydrogen) atoms. The smallest absolute Gasteiger partial charge is 0.322 e. The molecule has 1 N–H and O–H groups in total. The zero-order valence-corrected chi connectivity index (χ0v) is 11.8. The Balaban J connectivity index is 1.45. The van der Waals surface area contributed by atoms with Crippen LogP contribution in [-0.2, 0) is 4.79 Å². The number of benzene rings is 1.